The van der Waals surface area contributed by atoms with Gasteiger partial charge in [-0.25, -0.2) is 0 Å². The lowest BCUT2D eigenvalue weighted by Crippen LogP contribution is -2.51. The second-order valence-electron chi connectivity index (χ2n) is 6.34. The van der Waals surface area contributed by atoms with Crippen LogP contribution in [0.3, 0.4) is 0 Å². The number of benzene rings is 1. The minimum absolute atomic E-state index is 0.00388. The van der Waals surface area contributed by atoms with Gasteiger partial charge in [-0.2, -0.15) is 0 Å². The first-order valence-corrected chi connectivity index (χ1v) is 7.97. The molecule has 0 aromatic heterocycles. The number of aliphatic hydroxyl groups is 1. The van der Waals surface area contributed by atoms with Crippen LogP contribution in [0.15, 0.2) is 24.3 Å². The number of nitrogens with one attached hydrogen (secondary N) is 1. The Balaban J connectivity index is 1.63. The van der Waals surface area contributed by atoms with Gasteiger partial charge in [-0.3, -0.25) is 9.69 Å². The second-order valence-corrected chi connectivity index (χ2v) is 6.34. The quantitative estimate of drug-likeness (QED) is 0.869. The number of carbonyl (C=O) groups excluding carboxylic acids is 1. The van der Waals surface area contributed by atoms with Crippen LogP contribution in [0.4, 0.5) is 0 Å². The van der Waals surface area contributed by atoms with Crippen LogP contribution in [0.1, 0.15) is 24.8 Å². The Morgan fingerprint density at radius 1 is 1.36 bits per heavy atom. The highest BCUT2D eigenvalue weighted by Gasteiger charge is 2.38. The molecule has 0 aliphatic carbocycles. The van der Waals surface area contributed by atoms with Gasteiger partial charge in [0.15, 0.2) is 0 Å². The number of likely N-dealkylation sites (tertiary alicyclic amines) is 1. The fourth-order valence-electron chi connectivity index (χ4n) is 3.56. The third kappa shape index (κ3) is 3.10. The van der Waals surface area contributed by atoms with Gasteiger partial charge in [-0.1, -0.05) is 18.2 Å². The van der Waals surface area contributed by atoms with Gasteiger partial charge in [0.2, 0.25) is 5.91 Å². The summed E-state index contributed by atoms with van der Waals surface area (Å²) in [6.45, 7) is 2.30. The smallest absolute Gasteiger partial charge is 0.237 e. The predicted octanol–water partition coefficient (Wildman–Crippen LogP) is 0.953. The average Bonchev–Trinajstić information content (AvgIpc) is 2.94. The zero-order valence-electron chi connectivity index (χ0n) is 13.0. The van der Waals surface area contributed by atoms with E-state index >= 15 is 0 Å². The molecule has 5 nitrogen and oxygen atoms in total. The molecule has 0 spiro atoms. The van der Waals surface area contributed by atoms with Gasteiger partial charge < -0.3 is 15.2 Å². The fourth-order valence-corrected chi connectivity index (χ4v) is 3.56. The van der Waals surface area contributed by atoms with Crippen LogP contribution in [0.25, 0.3) is 0 Å². The van der Waals surface area contributed by atoms with E-state index in [2.05, 4.69) is 10.2 Å². The molecule has 1 atom stereocenters. The molecule has 1 aromatic carbocycles. The second kappa shape index (κ2) is 6.26. The number of hydrogen-bond donors (Lipinski definition) is 2. The van der Waals surface area contributed by atoms with Gasteiger partial charge in [0.1, 0.15) is 5.75 Å². The summed E-state index contributed by atoms with van der Waals surface area (Å²) in [4.78, 5) is 14.0. The van der Waals surface area contributed by atoms with Crippen LogP contribution in [0, 0.1) is 0 Å². The summed E-state index contributed by atoms with van der Waals surface area (Å²) in [5.74, 6) is 0.962. The summed E-state index contributed by atoms with van der Waals surface area (Å²) in [5.41, 5.74) is 0.333. The van der Waals surface area contributed by atoms with Crippen LogP contribution in [0.5, 0.6) is 5.75 Å². The van der Waals surface area contributed by atoms with E-state index in [0.717, 1.165) is 37.4 Å². The van der Waals surface area contributed by atoms with Crippen molar-refractivity contribution in [3.63, 3.8) is 0 Å². The molecular weight excluding hydrogens is 280 g/mol. The van der Waals surface area contributed by atoms with Crippen molar-refractivity contribution in [2.45, 2.75) is 37.3 Å². The predicted molar refractivity (Wildman–Crippen MR) is 83.9 cm³/mol. The number of ether oxygens (including phenoxy) is 1. The molecule has 3 rings (SSSR count). The summed E-state index contributed by atoms with van der Waals surface area (Å²) in [7, 11) is 1.66. The molecule has 2 heterocycles. The topological polar surface area (TPSA) is 61.8 Å². The van der Waals surface area contributed by atoms with Crippen LogP contribution in [-0.4, -0.2) is 54.3 Å². The summed E-state index contributed by atoms with van der Waals surface area (Å²) in [6.07, 6.45) is 2.86. The molecule has 22 heavy (non-hydrogen) atoms. The number of amides is 1. The molecule has 2 saturated heterocycles. The number of rotatable bonds is 4. The molecule has 2 aliphatic heterocycles. The third-order valence-electron chi connectivity index (χ3n) is 4.90. The molecule has 2 aliphatic rings. The van der Waals surface area contributed by atoms with Gasteiger partial charge in [0, 0.05) is 26.1 Å². The van der Waals surface area contributed by atoms with E-state index in [1.165, 1.54) is 0 Å². The van der Waals surface area contributed by atoms with Gasteiger partial charge >= 0.3 is 0 Å². The van der Waals surface area contributed by atoms with E-state index in [-0.39, 0.29) is 11.9 Å². The van der Waals surface area contributed by atoms with Gasteiger partial charge in [0.05, 0.1) is 18.8 Å². The summed E-state index contributed by atoms with van der Waals surface area (Å²) in [5, 5.41) is 13.8. The Hall–Kier alpha value is -1.59. The highest BCUT2D eigenvalue weighted by Crippen LogP contribution is 2.31. The minimum Gasteiger partial charge on any atom is -0.496 e. The van der Waals surface area contributed by atoms with Crippen LogP contribution in [-0.2, 0) is 11.2 Å². The molecule has 120 valence electrons. The molecule has 0 radical (unpaired) electrons. The Kier molecular flexibility index (Phi) is 4.36. The number of hydrogen-bond acceptors (Lipinski definition) is 4. The maximum absolute atomic E-state index is 11.8. The highest BCUT2D eigenvalue weighted by atomic mass is 16.5. The number of methoxy groups -OCH3 is 1. The lowest BCUT2D eigenvalue weighted by atomic mass is 9.84. The fraction of sp³-hybridized carbons (Fsp3) is 0.588. The molecular formula is C17H24N2O3. The Bertz CT molecular complexity index is 538. The van der Waals surface area contributed by atoms with E-state index in [1.807, 2.05) is 24.3 Å². The van der Waals surface area contributed by atoms with Gasteiger partial charge in [-0.05, 0) is 30.9 Å². The molecule has 1 unspecified atom stereocenters. The van der Waals surface area contributed by atoms with Crippen molar-refractivity contribution in [3.05, 3.63) is 29.8 Å². The van der Waals surface area contributed by atoms with E-state index < -0.39 is 5.60 Å². The van der Waals surface area contributed by atoms with Crippen molar-refractivity contribution in [2.75, 3.05) is 26.7 Å². The van der Waals surface area contributed by atoms with E-state index in [1.54, 1.807) is 7.11 Å². The third-order valence-corrected chi connectivity index (χ3v) is 4.90. The molecule has 1 aromatic rings. The van der Waals surface area contributed by atoms with Crippen molar-refractivity contribution in [1.82, 2.24) is 10.2 Å². The lowest BCUT2D eigenvalue weighted by molar-refractivity contribution is -0.125. The Morgan fingerprint density at radius 2 is 2.09 bits per heavy atom. The summed E-state index contributed by atoms with van der Waals surface area (Å²) in [6, 6.07) is 7.84. The maximum atomic E-state index is 11.8. The Labute approximate surface area is 131 Å². The normalized spacial score (nSPS) is 25.0. The van der Waals surface area contributed by atoms with Crippen LogP contribution >= 0.6 is 0 Å². The SMILES string of the molecule is COc1ccccc1CC1(O)CCN(C2CCNC2=O)CC1. The number of carbonyl (C=O) groups is 1. The molecule has 1 amide bonds. The highest BCUT2D eigenvalue weighted by molar-refractivity contribution is 5.83. The molecule has 0 saturated carbocycles. The zero-order chi connectivity index (χ0) is 15.6. The standard InChI is InChI=1S/C17H24N2O3/c1-22-15-5-3-2-4-13(15)12-17(21)7-10-19(11-8-17)14-6-9-18-16(14)20/h2-5,14,21H,6-12H2,1H3,(H,18,20). The first-order chi connectivity index (χ1) is 10.6. The first-order valence-electron chi connectivity index (χ1n) is 7.97. The van der Waals surface area contributed by atoms with Crippen molar-refractivity contribution in [1.29, 1.82) is 0 Å². The number of para-hydroxylation sites is 1. The minimum atomic E-state index is -0.708. The largest absolute Gasteiger partial charge is 0.496 e. The van der Waals surface area contributed by atoms with Crippen LogP contribution < -0.4 is 10.1 Å². The lowest BCUT2D eigenvalue weighted by Gasteiger charge is -2.40. The summed E-state index contributed by atoms with van der Waals surface area (Å²) < 4.78 is 5.37. The van der Waals surface area contributed by atoms with E-state index in [9.17, 15) is 9.90 Å². The van der Waals surface area contributed by atoms with Gasteiger partial charge in [0.25, 0.3) is 0 Å². The first kappa shape index (κ1) is 15.3. The molecule has 0 bridgehead atoms. The zero-order valence-corrected chi connectivity index (χ0v) is 13.0. The van der Waals surface area contributed by atoms with E-state index in [4.69, 9.17) is 4.74 Å². The monoisotopic (exact) mass is 304 g/mol. The van der Waals surface area contributed by atoms with Crippen molar-refractivity contribution in [3.8, 4) is 5.75 Å². The Morgan fingerprint density at radius 3 is 2.73 bits per heavy atom. The average molecular weight is 304 g/mol. The molecule has 2 fully saturated rings. The van der Waals surface area contributed by atoms with E-state index in [0.29, 0.717) is 19.3 Å². The molecule has 5 heteroatoms. The number of piperidine rings is 1. The molecule has 2 N–H and O–H groups in total. The van der Waals surface area contributed by atoms with Crippen molar-refractivity contribution >= 4 is 5.91 Å². The number of nitrogens with zero attached hydrogens (tertiary/aromatic N) is 1. The summed E-state index contributed by atoms with van der Waals surface area (Å²) >= 11 is 0. The van der Waals surface area contributed by atoms with Crippen molar-refractivity contribution in [2.24, 2.45) is 0 Å². The van der Waals surface area contributed by atoms with Crippen molar-refractivity contribution < 1.29 is 14.6 Å². The van der Waals surface area contributed by atoms with Gasteiger partial charge in [-0.15, -0.1) is 0 Å². The van der Waals surface area contributed by atoms with Crippen LogP contribution in [0.2, 0.25) is 0 Å². The maximum Gasteiger partial charge on any atom is 0.237 e.